The van der Waals surface area contributed by atoms with Crippen LogP contribution in [-0.2, 0) is 0 Å². The molecule has 1 unspecified atom stereocenters. The van der Waals surface area contributed by atoms with E-state index in [1.807, 2.05) is 36.4 Å². The predicted octanol–water partition coefficient (Wildman–Crippen LogP) is 3.24. The molecule has 2 rings (SSSR count). The first-order valence-electron chi connectivity index (χ1n) is 6.32. The fourth-order valence-corrected chi connectivity index (χ4v) is 2.00. The van der Waals surface area contributed by atoms with Gasteiger partial charge in [0.15, 0.2) is 0 Å². The van der Waals surface area contributed by atoms with Crippen LogP contribution in [0.25, 0.3) is 11.1 Å². The van der Waals surface area contributed by atoms with E-state index in [1.165, 1.54) is 0 Å². The van der Waals surface area contributed by atoms with Gasteiger partial charge in [0.2, 0.25) is 0 Å². The molecular weight excluding hydrogens is 272 g/mol. The van der Waals surface area contributed by atoms with Gasteiger partial charge in [-0.1, -0.05) is 30.3 Å². The van der Waals surface area contributed by atoms with Crippen molar-refractivity contribution in [2.45, 2.75) is 6.10 Å². The number of nitrogens with zero attached hydrogens (tertiary/aromatic N) is 1. The number of aliphatic hydroxyl groups is 1. The number of nitriles is 1. The molecule has 0 saturated carbocycles. The Morgan fingerprint density at radius 1 is 1.15 bits per heavy atom. The zero-order valence-electron chi connectivity index (χ0n) is 10.9. The molecule has 0 fully saturated rings. The lowest BCUT2D eigenvalue weighted by atomic mass is 10.0. The number of rotatable bonds is 5. The summed E-state index contributed by atoms with van der Waals surface area (Å²) in [5.41, 5.74) is 3.62. The summed E-state index contributed by atoms with van der Waals surface area (Å²) < 4.78 is 0. The molecular formula is C16H15ClN2O. The fourth-order valence-electron chi connectivity index (χ4n) is 1.90. The Morgan fingerprint density at radius 3 is 2.50 bits per heavy atom. The molecule has 2 N–H and O–H groups in total. The first-order chi connectivity index (χ1) is 9.74. The molecule has 4 heteroatoms. The van der Waals surface area contributed by atoms with Gasteiger partial charge in [0, 0.05) is 17.8 Å². The summed E-state index contributed by atoms with van der Waals surface area (Å²) in [6.07, 6.45) is -0.578. The monoisotopic (exact) mass is 286 g/mol. The van der Waals surface area contributed by atoms with Gasteiger partial charge >= 0.3 is 0 Å². The highest BCUT2D eigenvalue weighted by Crippen LogP contribution is 2.27. The summed E-state index contributed by atoms with van der Waals surface area (Å²) in [5, 5.41) is 21.5. The van der Waals surface area contributed by atoms with Crippen LogP contribution in [-0.4, -0.2) is 23.6 Å². The van der Waals surface area contributed by atoms with Gasteiger partial charge < -0.3 is 10.4 Å². The van der Waals surface area contributed by atoms with Gasteiger partial charge in [-0.15, -0.1) is 11.6 Å². The molecule has 0 radical (unpaired) electrons. The van der Waals surface area contributed by atoms with E-state index in [0.29, 0.717) is 12.1 Å². The van der Waals surface area contributed by atoms with Crippen molar-refractivity contribution in [3.05, 3.63) is 54.1 Å². The summed E-state index contributed by atoms with van der Waals surface area (Å²) in [6, 6.07) is 17.4. The molecule has 20 heavy (non-hydrogen) atoms. The van der Waals surface area contributed by atoms with E-state index in [4.69, 9.17) is 16.9 Å². The van der Waals surface area contributed by atoms with Crippen LogP contribution in [0.4, 0.5) is 5.69 Å². The van der Waals surface area contributed by atoms with E-state index in [0.717, 1.165) is 16.8 Å². The number of alkyl halides is 1. The van der Waals surface area contributed by atoms with E-state index < -0.39 is 6.10 Å². The third-order valence-electron chi connectivity index (χ3n) is 2.96. The van der Waals surface area contributed by atoms with Gasteiger partial charge in [0.05, 0.1) is 23.6 Å². The van der Waals surface area contributed by atoms with Crippen molar-refractivity contribution < 1.29 is 5.11 Å². The highest BCUT2D eigenvalue weighted by molar-refractivity contribution is 6.18. The molecule has 0 aliphatic carbocycles. The molecule has 0 spiro atoms. The van der Waals surface area contributed by atoms with Crippen LogP contribution in [0.15, 0.2) is 48.5 Å². The molecule has 2 aromatic rings. The Morgan fingerprint density at radius 2 is 1.85 bits per heavy atom. The predicted molar refractivity (Wildman–Crippen MR) is 81.8 cm³/mol. The van der Waals surface area contributed by atoms with Crippen LogP contribution < -0.4 is 5.32 Å². The molecule has 0 aromatic heterocycles. The maximum Gasteiger partial charge on any atom is 0.0991 e. The van der Waals surface area contributed by atoms with Crippen molar-refractivity contribution in [1.29, 1.82) is 5.26 Å². The van der Waals surface area contributed by atoms with Gasteiger partial charge in [-0.3, -0.25) is 0 Å². The maximum atomic E-state index is 9.52. The van der Waals surface area contributed by atoms with E-state index in [-0.39, 0.29) is 5.88 Å². The summed E-state index contributed by atoms with van der Waals surface area (Å²) in [7, 11) is 0. The number of halogens is 1. The van der Waals surface area contributed by atoms with E-state index >= 15 is 0 Å². The molecule has 2 aromatic carbocycles. The third kappa shape index (κ3) is 3.51. The Labute approximate surface area is 123 Å². The molecule has 0 saturated heterocycles. The quantitative estimate of drug-likeness (QED) is 0.830. The molecule has 1 atom stereocenters. The smallest absolute Gasteiger partial charge is 0.0991 e. The van der Waals surface area contributed by atoms with Crippen LogP contribution in [0.3, 0.4) is 0 Å². The van der Waals surface area contributed by atoms with Gasteiger partial charge in [-0.25, -0.2) is 0 Å². The molecule has 3 nitrogen and oxygen atoms in total. The fraction of sp³-hybridized carbons (Fsp3) is 0.188. The second kappa shape index (κ2) is 6.95. The van der Waals surface area contributed by atoms with Crippen molar-refractivity contribution in [3.63, 3.8) is 0 Å². The standard InChI is InChI=1S/C16H15ClN2O/c17-9-14(20)11-19-16-4-2-1-3-15(16)13-7-5-12(10-18)6-8-13/h1-8,14,19-20H,9,11H2. The normalized spacial score (nSPS) is 11.7. The lowest BCUT2D eigenvalue weighted by Crippen LogP contribution is -2.20. The second-order valence-electron chi connectivity index (χ2n) is 4.42. The Hall–Kier alpha value is -2.02. The number of nitrogens with one attached hydrogen (secondary N) is 1. The minimum atomic E-state index is -0.578. The van der Waals surface area contributed by atoms with Crippen molar-refractivity contribution in [2.75, 3.05) is 17.7 Å². The number of hydrogen-bond donors (Lipinski definition) is 2. The summed E-state index contributed by atoms with van der Waals surface area (Å²) in [4.78, 5) is 0. The molecule has 0 amide bonds. The van der Waals surface area contributed by atoms with Crippen LogP contribution >= 0.6 is 11.6 Å². The van der Waals surface area contributed by atoms with Crippen LogP contribution in [0, 0.1) is 11.3 Å². The first kappa shape index (κ1) is 14.4. The molecule has 0 aliphatic heterocycles. The average molecular weight is 287 g/mol. The van der Waals surface area contributed by atoms with E-state index in [9.17, 15) is 5.11 Å². The Balaban J connectivity index is 2.24. The largest absolute Gasteiger partial charge is 0.390 e. The summed E-state index contributed by atoms with van der Waals surface area (Å²) in [5.74, 6) is 0.200. The topological polar surface area (TPSA) is 56.0 Å². The van der Waals surface area contributed by atoms with Crippen molar-refractivity contribution in [3.8, 4) is 17.2 Å². The van der Waals surface area contributed by atoms with Crippen LogP contribution in [0.5, 0.6) is 0 Å². The van der Waals surface area contributed by atoms with Crippen LogP contribution in [0.2, 0.25) is 0 Å². The van der Waals surface area contributed by atoms with Gasteiger partial charge in [-0.2, -0.15) is 5.26 Å². The SMILES string of the molecule is N#Cc1ccc(-c2ccccc2NCC(O)CCl)cc1. The molecule has 0 bridgehead atoms. The second-order valence-corrected chi connectivity index (χ2v) is 4.73. The maximum absolute atomic E-state index is 9.52. The highest BCUT2D eigenvalue weighted by atomic mass is 35.5. The van der Waals surface area contributed by atoms with Crippen molar-refractivity contribution in [1.82, 2.24) is 0 Å². The zero-order valence-corrected chi connectivity index (χ0v) is 11.6. The summed E-state index contributed by atoms with van der Waals surface area (Å²) in [6.45, 7) is 0.400. The molecule has 0 aliphatic rings. The number of benzene rings is 2. The van der Waals surface area contributed by atoms with E-state index in [1.54, 1.807) is 12.1 Å². The lowest BCUT2D eigenvalue weighted by molar-refractivity contribution is 0.211. The van der Waals surface area contributed by atoms with Crippen molar-refractivity contribution in [2.24, 2.45) is 0 Å². The average Bonchev–Trinajstić information content (AvgIpc) is 2.53. The minimum absolute atomic E-state index is 0.200. The van der Waals surface area contributed by atoms with Gasteiger partial charge in [0.1, 0.15) is 0 Å². The minimum Gasteiger partial charge on any atom is -0.390 e. The first-order valence-corrected chi connectivity index (χ1v) is 6.85. The number of anilines is 1. The Kier molecular flexibility index (Phi) is 5.00. The lowest BCUT2D eigenvalue weighted by Gasteiger charge is -2.14. The highest BCUT2D eigenvalue weighted by Gasteiger charge is 2.06. The zero-order chi connectivity index (χ0) is 14.4. The van der Waals surface area contributed by atoms with Gasteiger partial charge in [0.25, 0.3) is 0 Å². The number of aliphatic hydroxyl groups excluding tert-OH is 1. The Bertz CT molecular complexity index is 605. The third-order valence-corrected chi connectivity index (χ3v) is 3.31. The number of hydrogen-bond acceptors (Lipinski definition) is 3. The summed E-state index contributed by atoms with van der Waals surface area (Å²) >= 11 is 5.59. The van der Waals surface area contributed by atoms with Crippen LogP contribution in [0.1, 0.15) is 5.56 Å². The van der Waals surface area contributed by atoms with E-state index in [2.05, 4.69) is 11.4 Å². The number of para-hydroxylation sites is 1. The van der Waals surface area contributed by atoms with Crippen molar-refractivity contribution >= 4 is 17.3 Å². The van der Waals surface area contributed by atoms with Gasteiger partial charge in [-0.05, 0) is 23.8 Å². The molecule has 0 heterocycles. The molecule has 102 valence electrons.